The molecule has 19 heteroatoms. The van der Waals surface area contributed by atoms with Crippen molar-refractivity contribution in [3.05, 3.63) is 88.4 Å². The number of anilines is 3. The number of halogens is 4. The van der Waals surface area contributed by atoms with Crippen LogP contribution in [0.3, 0.4) is 0 Å². The van der Waals surface area contributed by atoms with Gasteiger partial charge < -0.3 is 40.6 Å². The molecule has 0 aliphatic heterocycles. The first-order valence-electron chi connectivity index (χ1n) is 16.6. The number of carbonyl (C=O) groups is 4. The predicted molar refractivity (Wildman–Crippen MR) is 192 cm³/mol. The van der Waals surface area contributed by atoms with E-state index in [-0.39, 0.29) is 30.4 Å². The zero-order valence-electron chi connectivity index (χ0n) is 29.3. The van der Waals surface area contributed by atoms with E-state index in [4.69, 9.17) is 25.8 Å². The Morgan fingerprint density at radius 2 is 1.62 bits per heavy atom. The molecule has 1 aliphatic carbocycles. The Hall–Kier alpha value is -6.17. The van der Waals surface area contributed by atoms with Crippen molar-refractivity contribution in [2.45, 2.75) is 50.0 Å². The third kappa shape index (κ3) is 11.2. The lowest BCUT2D eigenvalue weighted by Crippen LogP contribution is -2.41. The van der Waals surface area contributed by atoms with Crippen molar-refractivity contribution in [1.82, 2.24) is 25.6 Å². The van der Waals surface area contributed by atoms with Crippen LogP contribution >= 0.6 is 11.6 Å². The smallest absolute Gasteiger partial charge is 0.422 e. The van der Waals surface area contributed by atoms with E-state index in [2.05, 4.69) is 36.2 Å². The number of nitrogens with one attached hydrogen (secondary N) is 4. The SMILES string of the molecule is COc1ccc(CNC(=O)C(=O)CC[C@H](NC(=O)c2ccc(Nc3nc(NC4(c5ccc(Cl)cc5)CC4)nc(OCC(F)(F)F)n3)cc2)C(=O)O)c(OC)c1. The van der Waals surface area contributed by atoms with Gasteiger partial charge >= 0.3 is 18.2 Å². The van der Waals surface area contributed by atoms with Gasteiger partial charge in [-0.2, -0.15) is 28.1 Å². The number of carboxylic acids is 1. The van der Waals surface area contributed by atoms with Crippen LogP contribution in [0.1, 0.15) is 47.2 Å². The fraction of sp³-hybridized carbons (Fsp3) is 0.306. The first-order chi connectivity index (χ1) is 26.2. The maximum atomic E-state index is 13.0. The Kier molecular flexibility index (Phi) is 12.6. The number of ketones is 1. The summed E-state index contributed by atoms with van der Waals surface area (Å²) in [6, 6.07) is 15.5. The van der Waals surface area contributed by atoms with Crippen molar-refractivity contribution in [1.29, 1.82) is 0 Å². The highest BCUT2D eigenvalue weighted by Gasteiger charge is 2.45. The third-order valence-electron chi connectivity index (χ3n) is 8.33. The van der Waals surface area contributed by atoms with Gasteiger partial charge in [-0.05, 0) is 73.4 Å². The molecular weight excluding hydrogens is 751 g/mol. The van der Waals surface area contributed by atoms with Crippen LogP contribution in [0.2, 0.25) is 5.02 Å². The van der Waals surface area contributed by atoms with Gasteiger partial charge in [-0.3, -0.25) is 14.4 Å². The zero-order chi connectivity index (χ0) is 39.8. The van der Waals surface area contributed by atoms with Gasteiger partial charge in [0.15, 0.2) is 6.61 Å². The van der Waals surface area contributed by atoms with Gasteiger partial charge in [0.25, 0.3) is 11.8 Å². The van der Waals surface area contributed by atoms with Crippen LogP contribution in [0.15, 0.2) is 66.7 Å². The number of carboxylic acid groups (broad SMARTS) is 1. The van der Waals surface area contributed by atoms with E-state index >= 15 is 0 Å². The summed E-state index contributed by atoms with van der Waals surface area (Å²) >= 11 is 6.02. The standard InChI is InChI=1S/C36H35ClF3N7O8/c1-53-25-12-5-21(28(17-25)54-2)18-41-30(50)27(48)14-13-26(31(51)52)43-29(49)20-3-10-24(11-4-20)42-32-44-33(46-34(45-32)55-19-36(38,39)40)47-35(15-16-35)22-6-8-23(37)9-7-22/h3-12,17,26H,13-16,18-19H2,1-2H3,(H,41,50)(H,43,49)(H,51,52)(H2,42,44,45,46,47)/t26-/m0/s1. The Morgan fingerprint density at radius 3 is 2.24 bits per heavy atom. The summed E-state index contributed by atoms with van der Waals surface area (Å²) in [6.45, 7) is -1.67. The van der Waals surface area contributed by atoms with Crippen LogP contribution in [0.4, 0.5) is 30.8 Å². The van der Waals surface area contributed by atoms with E-state index in [0.717, 1.165) is 5.56 Å². The summed E-state index contributed by atoms with van der Waals surface area (Å²) in [4.78, 5) is 62.1. The molecule has 2 amide bonds. The molecule has 5 rings (SSSR count). The average Bonchev–Trinajstić information content (AvgIpc) is 3.94. The van der Waals surface area contributed by atoms with Crippen LogP contribution in [-0.2, 0) is 26.5 Å². The number of ether oxygens (including phenoxy) is 3. The molecule has 0 spiro atoms. The number of hydrogen-bond acceptors (Lipinski definition) is 12. The molecular formula is C36H35ClF3N7O8. The van der Waals surface area contributed by atoms with Gasteiger partial charge in [-0.15, -0.1) is 0 Å². The monoisotopic (exact) mass is 785 g/mol. The summed E-state index contributed by atoms with van der Waals surface area (Å²) in [5.74, 6) is -3.28. The van der Waals surface area contributed by atoms with Gasteiger partial charge in [0.1, 0.15) is 17.5 Å². The largest absolute Gasteiger partial charge is 0.497 e. The Bertz CT molecular complexity index is 2030. The molecule has 4 aromatic rings. The maximum Gasteiger partial charge on any atom is 0.422 e. The lowest BCUT2D eigenvalue weighted by Gasteiger charge is -2.19. The number of amides is 2. The second-order valence-corrected chi connectivity index (χ2v) is 12.7. The van der Waals surface area contributed by atoms with E-state index in [1.807, 2.05) is 12.1 Å². The van der Waals surface area contributed by atoms with Crippen molar-refractivity contribution in [3.8, 4) is 17.5 Å². The van der Waals surface area contributed by atoms with Crippen LogP contribution in [0.5, 0.6) is 17.5 Å². The van der Waals surface area contributed by atoms with Gasteiger partial charge in [0, 0.05) is 40.9 Å². The minimum Gasteiger partial charge on any atom is -0.497 e. The summed E-state index contributed by atoms with van der Waals surface area (Å²) < 4.78 is 54.0. The van der Waals surface area contributed by atoms with Crippen LogP contribution in [0, 0.1) is 0 Å². The van der Waals surface area contributed by atoms with Crippen molar-refractivity contribution in [2.75, 3.05) is 31.5 Å². The molecule has 55 heavy (non-hydrogen) atoms. The maximum absolute atomic E-state index is 13.0. The number of Topliss-reactive ketones (excluding diaryl/α,β-unsaturated/α-hetero) is 1. The van der Waals surface area contributed by atoms with Crippen molar-refractivity contribution >= 4 is 52.8 Å². The van der Waals surface area contributed by atoms with Crippen LogP contribution in [0.25, 0.3) is 0 Å². The fourth-order valence-electron chi connectivity index (χ4n) is 5.27. The molecule has 0 bridgehead atoms. The fourth-order valence-corrected chi connectivity index (χ4v) is 5.39. The molecule has 5 N–H and O–H groups in total. The summed E-state index contributed by atoms with van der Waals surface area (Å²) in [5, 5.41) is 21.0. The quantitative estimate of drug-likeness (QED) is 0.0827. The number of benzene rings is 3. The van der Waals surface area contributed by atoms with E-state index in [9.17, 15) is 37.5 Å². The van der Waals surface area contributed by atoms with Gasteiger partial charge in [-0.25, -0.2) is 4.79 Å². The number of carbonyl (C=O) groups excluding carboxylic acids is 3. The third-order valence-corrected chi connectivity index (χ3v) is 8.58. The van der Waals surface area contributed by atoms with E-state index in [0.29, 0.717) is 40.6 Å². The van der Waals surface area contributed by atoms with Crippen LogP contribution < -0.4 is 35.5 Å². The topological polar surface area (TPSA) is 203 Å². The zero-order valence-corrected chi connectivity index (χ0v) is 30.1. The number of nitrogens with zero attached hydrogens (tertiary/aromatic N) is 3. The number of methoxy groups -OCH3 is 2. The van der Waals surface area contributed by atoms with Gasteiger partial charge in [-0.1, -0.05) is 23.7 Å². The lowest BCUT2D eigenvalue weighted by molar-refractivity contribution is -0.154. The van der Waals surface area contributed by atoms with Gasteiger partial charge in [0.2, 0.25) is 17.7 Å². The molecule has 290 valence electrons. The highest BCUT2D eigenvalue weighted by molar-refractivity contribution is 6.36. The number of rotatable bonds is 18. The lowest BCUT2D eigenvalue weighted by atomic mass is 10.1. The second-order valence-electron chi connectivity index (χ2n) is 12.3. The summed E-state index contributed by atoms with van der Waals surface area (Å²) in [6.07, 6.45) is -4.10. The van der Waals surface area contributed by atoms with Gasteiger partial charge in [0.05, 0.1) is 19.8 Å². The minimum atomic E-state index is -4.65. The normalized spacial score (nSPS) is 13.5. The molecule has 0 saturated heterocycles. The summed E-state index contributed by atoms with van der Waals surface area (Å²) in [5.41, 5.74) is 1.24. The molecule has 1 fully saturated rings. The highest BCUT2D eigenvalue weighted by Crippen LogP contribution is 2.48. The molecule has 1 saturated carbocycles. The predicted octanol–water partition coefficient (Wildman–Crippen LogP) is 5.18. The molecule has 3 aromatic carbocycles. The molecule has 0 unspecified atom stereocenters. The Morgan fingerprint density at radius 1 is 0.927 bits per heavy atom. The van der Waals surface area contributed by atoms with Crippen molar-refractivity contribution in [3.63, 3.8) is 0 Å². The molecule has 1 heterocycles. The molecule has 15 nitrogen and oxygen atoms in total. The summed E-state index contributed by atoms with van der Waals surface area (Å²) in [7, 11) is 2.93. The minimum absolute atomic E-state index is 0.0367. The molecule has 1 aromatic heterocycles. The van der Waals surface area contributed by atoms with E-state index in [1.54, 1.807) is 30.3 Å². The molecule has 1 atom stereocenters. The number of alkyl halides is 3. The van der Waals surface area contributed by atoms with Crippen molar-refractivity contribution in [2.24, 2.45) is 0 Å². The number of aromatic nitrogens is 3. The van der Waals surface area contributed by atoms with Crippen molar-refractivity contribution < 1.29 is 51.7 Å². The average molecular weight is 786 g/mol. The Balaban J connectivity index is 1.19. The second kappa shape index (κ2) is 17.3. The first-order valence-corrected chi connectivity index (χ1v) is 17.0. The highest BCUT2D eigenvalue weighted by atomic mass is 35.5. The molecule has 1 aliphatic rings. The van der Waals surface area contributed by atoms with E-state index < -0.39 is 60.4 Å². The molecule has 0 radical (unpaired) electrons. The first kappa shape index (κ1) is 40.0. The number of aliphatic carboxylic acids is 1. The Labute approximate surface area is 317 Å². The van der Waals surface area contributed by atoms with Crippen LogP contribution in [-0.4, -0.2) is 76.7 Å². The van der Waals surface area contributed by atoms with E-state index in [1.165, 1.54) is 38.5 Å². The number of hydrogen-bond donors (Lipinski definition) is 5.